The van der Waals surface area contributed by atoms with Gasteiger partial charge in [-0.2, -0.15) is 18.3 Å². The molecule has 0 spiro atoms. The van der Waals surface area contributed by atoms with E-state index in [1.54, 1.807) is 6.92 Å². The van der Waals surface area contributed by atoms with Crippen LogP contribution in [0.15, 0.2) is 6.07 Å². The van der Waals surface area contributed by atoms with Gasteiger partial charge in [0, 0.05) is 6.54 Å². The molecular formula is C8H8F3N5S. The van der Waals surface area contributed by atoms with E-state index in [1.807, 2.05) is 0 Å². The van der Waals surface area contributed by atoms with Crippen LogP contribution in [0.25, 0.3) is 10.7 Å². The van der Waals surface area contributed by atoms with Crippen molar-refractivity contribution in [2.24, 2.45) is 0 Å². The first-order chi connectivity index (χ1) is 7.91. The molecule has 2 rings (SSSR count). The van der Waals surface area contributed by atoms with E-state index in [9.17, 15) is 13.2 Å². The van der Waals surface area contributed by atoms with E-state index in [2.05, 4.69) is 15.3 Å². The fourth-order valence-electron chi connectivity index (χ4n) is 1.31. The lowest BCUT2D eigenvalue weighted by molar-refractivity contribution is -0.141. The summed E-state index contributed by atoms with van der Waals surface area (Å²) in [6.07, 6.45) is -4.47. The van der Waals surface area contributed by atoms with Gasteiger partial charge in [0.1, 0.15) is 0 Å². The topological polar surface area (TPSA) is 69.6 Å². The maximum Gasteiger partial charge on any atom is 0.435 e. The van der Waals surface area contributed by atoms with E-state index in [0.29, 0.717) is 11.6 Å². The maximum atomic E-state index is 12.5. The second-order valence-electron chi connectivity index (χ2n) is 3.17. The van der Waals surface area contributed by atoms with Gasteiger partial charge in [-0.1, -0.05) is 11.3 Å². The van der Waals surface area contributed by atoms with Crippen LogP contribution < -0.4 is 5.73 Å². The van der Waals surface area contributed by atoms with Crippen LogP contribution in [-0.2, 0) is 12.7 Å². The van der Waals surface area contributed by atoms with Gasteiger partial charge in [0.25, 0.3) is 0 Å². The highest BCUT2D eigenvalue weighted by molar-refractivity contribution is 7.18. The van der Waals surface area contributed by atoms with Crippen LogP contribution in [0, 0.1) is 0 Å². The summed E-state index contributed by atoms with van der Waals surface area (Å²) < 4.78 is 38.7. The lowest BCUT2D eigenvalue weighted by Crippen LogP contribution is -2.07. The molecule has 0 radical (unpaired) electrons. The first-order valence-corrected chi connectivity index (χ1v) is 5.48. The zero-order valence-electron chi connectivity index (χ0n) is 8.69. The Kier molecular flexibility index (Phi) is 2.77. The van der Waals surface area contributed by atoms with Crippen LogP contribution in [-0.4, -0.2) is 20.0 Å². The van der Waals surface area contributed by atoms with Crippen molar-refractivity contribution in [3.8, 4) is 10.7 Å². The summed E-state index contributed by atoms with van der Waals surface area (Å²) in [7, 11) is 0. The molecule has 0 bridgehead atoms. The van der Waals surface area contributed by atoms with Crippen molar-refractivity contribution in [3.05, 3.63) is 11.8 Å². The highest BCUT2D eigenvalue weighted by Crippen LogP contribution is 2.32. The Morgan fingerprint density at radius 2 is 2.12 bits per heavy atom. The largest absolute Gasteiger partial charge is 0.435 e. The second-order valence-corrected chi connectivity index (χ2v) is 4.18. The number of alkyl halides is 3. The molecule has 0 saturated heterocycles. The third-order valence-corrected chi connectivity index (χ3v) is 2.80. The molecule has 9 heteroatoms. The molecule has 0 aromatic carbocycles. The Balaban J connectivity index is 2.50. The molecule has 17 heavy (non-hydrogen) atoms. The molecule has 2 heterocycles. The average Bonchev–Trinajstić information content (AvgIpc) is 2.81. The summed E-state index contributed by atoms with van der Waals surface area (Å²) in [4.78, 5) is 0. The smallest absolute Gasteiger partial charge is 0.374 e. The predicted molar refractivity (Wildman–Crippen MR) is 56.2 cm³/mol. The Morgan fingerprint density at radius 3 is 2.59 bits per heavy atom. The van der Waals surface area contributed by atoms with Crippen molar-refractivity contribution in [2.45, 2.75) is 19.6 Å². The standard InChI is InChI=1S/C8H8F3N5S/c1-2-16-4(6-13-14-7(12)17-6)3-5(15-16)8(9,10)11/h3H,2H2,1H3,(H2,12,14). The predicted octanol–water partition coefficient (Wildman–Crippen LogP) is 2.02. The van der Waals surface area contributed by atoms with E-state index >= 15 is 0 Å². The van der Waals surface area contributed by atoms with Crippen molar-refractivity contribution < 1.29 is 13.2 Å². The maximum absolute atomic E-state index is 12.5. The lowest BCUT2D eigenvalue weighted by atomic mass is 10.3. The van der Waals surface area contributed by atoms with Gasteiger partial charge >= 0.3 is 6.18 Å². The van der Waals surface area contributed by atoms with Crippen molar-refractivity contribution in [1.82, 2.24) is 20.0 Å². The number of aryl methyl sites for hydroxylation is 1. The molecule has 0 unspecified atom stereocenters. The molecule has 0 fully saturated rings. The van der Waals surface area contributed by atoms with E-state index in [4.69, 9.17) is 5.73 Å². The number of halogens is 3. The monoisotopic (exact) mass is 263 g/mol. The van der Waals surface area contributed by atoms with Gasteiger partial charge in [0.15, 0.2) is 10.7 Å². The Morgan fingerprint density at radius 1 is 1.41 bits per heavy atom. The van der Waals surface area contributed by atoms with E-state index in [1.165, 1.54) is 4.68 Å². The zero-order valence-corrected chi connectivity index (χ0v) is 9.51. The number of aromatic nitrogens is 4. The van der Waals surface area contributed by atoms with Crippen LogP contribution in [0.4, 0.5) is 18.3 Å². The van der Waals surface area contributed by atoms with Crippen LogP contribution in [0.2, 0.25) is 0 Å². The number of rotatable bonds is 2. The van der Waals surface area contributed by atoms with Crippen LogP contribution >= 0.6 is 11.3 Å². The first kappa shape index (κ1) is 11.8. The average molecular weight is 263 g/mol. The van der Waals surface area contributed by atoms with E-state index in [-0.39, 0.29) is 10.8 Å². The Labute approximate surface area is 98.1 Å². The number of nitrogen functional groups attached to an aromatic ring is 1. The number of hydrogen-bond acceptors (Lipinski definition) is 5. The molecule has 2 aromatic heterocycles. The summed E-state index contributed by atoms with van der Waals surface area (Å²) >= 11 is 1.02. The van der Waals surface area contributed by atoms with Crippen LogP contribution in [0.5, 0.6) is 0 Å². The van der Waals surface area contributed by atoms with Gasteiger partial charge in [0.2, 0.25) is 5.13 Å². The van der Waals surface area contributed by atoms with Gasteiger partial charge < -0.3 is 5.73 Å². The zero-order chi connectivity index (χ0) is 12.6. The van der Waals surface area contributed by atoms with Gasteiger partial charge in [-0.05, 0) is 13.0 Å². The van der Waals surface area contributed by atoms with Gasteiger partial charge in [0.05, 0.1) is 5.69 Å². The molecule has 0 saturated carbocycles. The minimum atomic E-state index is -4.47. The molecule has 0 aliphatic rings. The van der Waals surface area contributed by atoms with Crippen molar-refractivity contribution in [3.63, 3.8) is 0 Å². The van der Waals surface area contributed by atoms with Crippen LogP contribution in [0.1, 0.15) is 12.6 Å². The molecule has 0 amide bonds. The fraction of sp³-hybridized carbons (Fsp3) is 0.375. The number of anilines is 1. The molecule has 0 atom stereocenters. The molecule has 2 aromatic rings. The summed E-state index contributed by atoms with van der Waals surface area (Å²) in [5.41, 5.74) is 4.72. The van der Waals surface area contributed by atoms with Gasteiger partial charge in [-0.15, -0.1) is 10.2 Å². The van der Waals surface area contributed by atoms with E-state index in [0.717, 1.165) is 17.4 Å². The SMILES string of the molecule is CCn1nc(C(F)(F)F)cc1-c1nnc(N)s1. The summed E-state index contributed by atoms with van der Waals surface area (Å²) in [6, 6.07) is 0.948. The lowest BCUT2D eigenvalue weighted by Gasteiger charge is -2.00. The molecular weight excluding hydrogens is 255 g/mol. The Bertz CT molecular complexity index is 529. The number of nitrogens with two attached hydrogens (primary N) is 1. The minimum Gasteiger partial charge on any atom is -0.374 e. The number of hydrogen-bond donors (Lipinski definition) is 1. The number of nitrogens with zero attached hydrogens (tertiary/aromatic N) is 4. The first-order valence-electron chi connectivity index (χ1n) is 4.66. The fourth-order valence-corrected chi connectivity index (χ4v) is 1.94. The van der Waals surface area contributed by atoms with Crippen molar-refractivity contribution in [1.29, 1.82) is 0 Å². The van der Waals surface area contributed by atoms with Crippen LogP contribution in [0.3, 0.4) is 0 Å². The Hall–Kier alpha value is -1.64. The second kappa shape index (κ2) is 3.99. The highest BCUT2D eigenvalue weighted by Gasteiger charge is 2.35. The van der Waals surface area contributed by atoms with Crippen molar-refractivity contribution >= 4 is 16.5 Å². The summed E-state index contributed by atoms with van der Waals surface area (Å²) in [6.45, 7) is 2.01. The third-order valence-electron chi connectivity index (χ3n) is 2.03. The molecule has 0 aliphatic heterocycles. The molecule has 0 aliphatic carbocycles. The normalized spacial score (nSPS) is 12.0. The molecule has 92 valence electrons. The van der Waals surface area contributed by atoms with Gasteiger partial charge in [-0.3, -0.25) is 4.68 Å². The minimum absolute atomic E-state index is 0.206. The summed E-state index contributed by atoms with van der Waals surface area (Å²) in [5.74, 6) is 0. The van der Waals surface area contributed by atoms with E-state index < -0.39 is 11.9 Å². The molecule has 2 N–H and O–H groups in total. The quantitative estimate of drug-likeness (QED) is 0.900. The highest BCUT2D eigenvalue weighted by atomic mass is 32.1. The van der Waals surface area contributed by atoms with Gasteiger partial charge in [-0.25, -0.2) is 0 Å². The molecule has 5 nitrogen and oxygen atoms in total. The third kappa shape index (κ3) is 2.23. The van der Waals surface area contributed by atoms with Crippen molar-refractivity contribution in [2.75, 3.05) is 5.73 Å². The summed E-state index contributed by atoms with van der Waals surface area (Å²) in [5, 5.41) is 11.3.